The van der Waals surface area contributed by atoms with Crippen molar-refractivity contribution in [1.82, 2.24) is 9.88 Å². The zero-order chi connectivity index (χ0) is 20.6. The first-order valence-corrected chi connectivity index (χ1v) is 10.0. The first-order valence-electron chi connectivity index (χ1n) is 10.0. The average molecular weight is 426 g/mol. The maximum Gasteiger partial charge on any atom is 0.254 e. The van der Waals surface area contributed by atoms with E-state index in [2.05, 4.69) is 18.8 Å². The van der Waals surface area contributed by atoms with Gasteiger partial charge in [0.25, 0.3) is 5.91 Å². The fourth-order valence-corrected chi connectivity index (χ4v) is 3.82. The highest BCUT2D eigenvalue weighted by atomic mass is 35.5. The van der Waals surface area contributed by atoms with E-state index in [0.29, 0.717) is 35.9 Å². The molecule has 30 heavy (non-hydrogen) atoms. The number of nitrogens with zero attached hydrogens (tertiary/aromatic N) is 2. The molecule has 2 aromatic carbocycles. The minimum Gasteiger partial charge on any atom is -0.436 e. The second kappa shape index (κ2) is 8.62. The van der Waals surface area contributed by atoms with E-state index in [-0.39, 0.29) is 29.8 Å². The zero-order valence-electron chi connectivity index (χ0n) is 17.6. The molecule has 0 spiro atoms. The van der Waals surface area contributed by atoms with E-state index < -0.39 is 0 Å². The summed E-state index contributed by atoms with van der Waals surface area (Å²) in [6.45, 7) is 7.58. The highest BCUT2D eigenvalue weighted by Gasteiger charge is 2.36. The van der Waals surface area contributed by atoms with Gasteiger partial charge >= 0.3 is 0 Å². The Morgan fingerprint density at radius 1 is 1.17 bits per heavy atom. The molecule has 1 atom stereocenters. The summed E-state index contributed by atoms with van der Waals surface area (Å²) in [6, 6.07) is 15.7. The summed E-state index contributed by atoms with van der Waals surface area (Å²) >= 11 is 0. The molecule has 0 bridgehead atoms. The van der Waals surface area contributed by atoms with Gasteiger partial charge in [-0.1, -0.05) is 55.8 Å². The summed E-state index contributed by atoms with van der Waals surface area (Å²) in [4.78, 5) is 19.7. The summed E-state index contributed by atoms with van der Waals surface area (Å²) in [5, 5.41) is 0. The Morgan fingerprint density at radius 2 is 1.87 bits per heavy atom. The van der Waals surface area contributed by atoms with Crippen molar-refractivity contribution in [3.8, 4) is 22.8 Å². The smallest absolute Gasteiger partial charge is 0.254 e. The molecule has 1 aliphatic rings. The molecular formula is C24H28ClN3O2. The van der Waals surface area contributed by atoms with Crippen LogP contribution in [0.3, 0.4) is 0 Å². The van der Waals surface area contributed by atoms with E-state index in [4.69, 9.17) is 10.2 Å². The molecule has 1 amide bonds. The minimum atomic E-state index is -0.107. The molecule has 1 aromatic heterocycles. The molecule has 0 aliphatic carbocycles. The van der Waals surface area contributed by atoms with Gasteiger partial charge in [0.15, 0.2) is 5.76 Å². The van der Waals surface area contributed by atoms with Gasteiger partial charge in [-0.05, 0) is 30.9 Å². The predicted octanol–water partition coefficient (Wildman–Crippen LogP) is 4.94. The highest BCUT2D eigenvalue weighted by Crippen LogP contribution is 2.32. The minimum absolute atomic E-state index is 0. The molecule has 1 aliphatic heterocycles. The number of halogens is 1. The second-order valence-corrected chi connectivity index (χ2v) is 8.55. The normalized spacial score (nSPS) is 18.0. The van der Waals surface area contributed by atoms with Gasteiger partial charge in [0, 0.05) is 30.3 Å². The zero-order valence-corrected chi connectivity index (χ0v) is 18.4. The van der Waals surface area contributed by atoms with Crippen LogP contribution in [0.2, 0.25) is 0 Å². The van der Waals surface area contributed by atoms with E-state index in [0.717, 1.165) is 12.0 Å². The van der Waals surface area contributed by atoms with Crippen LogP contribution in [0.25, 0.3) is 22.8 Å². The van der Waals surface area contributed by atoms with Crippen molar-refractivity contribution in [2.45, 2.75) is 33.2 Å². The van der Waals surface area contributed by atoms with Crippen molar-refractivity contribution in [2.75, 3.05) is 13.1 Å². The average Bonchev–Trinajstić information content (AvgIpc) is 3.20. The highest BCUT2D eigenvalue weighted by molar-refractivity contribution is 6.00. The Hall–Kier alpha value is -2.63. The van der Waals surface area contributed by atoms with Crippen LogP contribution in [0, 0.1) is 12.3 Å². The van der Waals surface area contributed by atoms with Gasteiger partial charge in [0.2, 0.25) is 5.89 Å². The summed E-state index contributed by atoms with van der Waals surface area (Å²) in [6.07, 6.45) is 2.52. The van der Waals surface area contributed by atoms with Crippen LogP contribution < -0.4 is 5.73 Å². The Balaban J connectivity index is 0.00000256. The maximum atomic E-state index is 13.3. The van der Waals surface area contributed by atoms with Crippen LogP contribution in [-0.2, 0) is 0 Å². The van der Waals surface area contributed by atoms with E-state index in [1.54, 1.807) is 6.20 Å². The maximum absolute atomic E-state index is 13.3. The second-order valence-electron chi connectivity index (χ2n) is 8.55. The standard InChI is InChI=1S/C24H27N3O2.ClH/c1-16-8-10-17(11-9-16)20-14-26-22(29-20)18-6-4-5-7-19(18)23(28)27-13-12-21(25)24(2,3)15-27;/h4-11,14,21H,12-13,15,25H2,1-3H3;1H. The van der Waals surface area contributed by atoms with Gasteiger partial charge in [-0.25, -0.2) is 4.98 Å². The Morgan fingerprint density at radius 3 is 2.57 bits per heavy atom. The van der Waals surface area contributed by atoms with E-state index in [1.165, 1.54) is 5.56 Å². The molecule has 5 nitrogen and oxygen atoms in total. The number of aryl methyl sites for hydroxylation is 1. The molecular weight excluding hydrogens is 398 g/mol. The van der Waals surface area contributed by atoms with Crippen molar-refractivity contribution < 1.29 is 9.21 Å². The van der Waals surface area contributed by atoms with Gasteiger partial charge in [-0.2, -0.15) is 0 Å². The molecule has 158 valence electrons. The number of oxazole rings is 1. The third-order valence-corrected chi connectivity index (χ3v) is 5.83. The Bertz CT molecular complexity index is 1030. The Kier molecular flexibility index (Phi) is 6.34. The molecule has 1 unspecified atom stereocenters. The lowest BCUT2D eigenvalue weighted by molar-refractivity contribution is 0.0533. The number of benzene rings is 2. The number of carbonyl (C=O) groups is 1. The number of piperidine rings is 1. The first-order chi connectivity index (χ1) is 13.8. The van der Waals surface area contributed by atoms with Crippen molar-refractivity contribution in [3.63, 3.8) is 0 Å². The lowest BCUT2D eigenvalue weighted by Crippen LogP contribution is -2.54. The lowest BCUT2D eigenvalue weighted by Gasteiger charge is -2.42. The van der Waals surface area contributed by atoms with Crippen molar-refractivity contribution >= 4 is 18.3 Å². The lowest BCUT2D eigenvalue weighted by atomic mass is 9.79. The molecule has 2 N–H and O–H groups in total. The summed E-state index contributed by atoms with van der Waals surface area (Å²) in [7, 11) is 0. The van der Waals surface area contributed by atoms with E-state index >= 15 is 0 Å². The van der Waals surface area contributed by atoms with Crippen LogP contribution in [0.1, 0.15) is 36.2 Å². The van der Waals surface area contributed by atoms with Gasteiger partial charge in [0.1, 0.15) is 0 Å². The number of aromatic nitrogens is 1. The summed E-state index contributed by atoms with van der Waals surface area (Å²) < 4.78 is 6.03. The molecule has 4 rings (SSSR count). The SMILES string of the molecule is Cc1ccc(-c2cnc(-c3ccccc3C(=O)N3CCC(N)C(C)(C)C3)o2)cc1.Cl. The molecule has 1 saturated heterocycles. The predicted molar refractivity (Wildman–Crippen MR) is 122 cm³/mol. The van der Waals surface area contributed by atoms with Gasteiger partial charge < -0.3 is 15.1 Å². The number of rotatable bonds is 3. The number of hydrogen-bond donors (Lipinski definition) is 1. The monoisotopic (exact) mass is 425 g/mol. The third-order valence-electron chi connectivity index (χ3n) is 5.83. The molecule has 0 radical (unpaired) electrons. The number of carbonyl (C=O) groups excluding carboxylic acids is 1. The van der Waals surface area contributed by atoms with Crippen molar-refractivity contribution in [1.29, 1.82) is 0 Å². The van der Waals surface area contributed by atoms with Crippen molar-refractivity contribution in [2.24, 2.45) is 11.1 Å². The van der Waals surface area contributed by atoms with Crippen LogP contribution in [0.5, 0.6) is 0 Å². The topological polar surface area (TPSA) is 72.4 Å². The van der Waals surface area contributed by atoms with Gasteiger partial charge in [-0.3, -0.25) is 4.79 Å². The molecule has 1 fully saturated rings. The fourth-order valence-electron chi connectivity index (χ4n) is 3.82. The van der Waals surface area contributed by atoms with E-state index in [9.17, 15) is 4.79 Å². The number of nitrogens with two attached hydrogens (primary N) is 1. The molecule has 0 saturated carbocycles. The quantitative estimate of drug-likeness (QED) is 0.645. The molecule has 2 heterocycles. The van der Waals surface area contributed by atoms with Gasteiger partial charge in [0.05, 0.1) is 11.8 Å². The molecule has 6 heteroatoms. The number of hydrogen-bond acceptors (Lipinski definition) is 4. The van der Waals surface area contributed by atoms with Gasteiger partial charge in [-0.15, -0.1) is 12.4 Å². The largest absolute Gasteiger partial charge is 0.436 e. The van der Waals surface area contributed by atoms with Crippen molar-refractivity contribution in [3.05, 3.63) is 65.9 Å². The Labute approximate surface area is 183 Å². The van der Waals surface area contributed by atoms with E-state index in [1.807, 2.05) is 60.4 Å². The summed E-state index contributed by atoms with van der Waals surface area (Å²) in [5.74, 6) is 1.14. The van der Waals surface area contributed by atoms with Crippen LogP contribution in [0.4, 0.5) is 0 Å². The summed E-state index contributed by atoms with van der Waals surface area (Å²) in [5.41, 5.74) is 9.60. The third kappa shape index (κ3) is 4.27. The fraction of sp³-hybridized carbons (Fsp3) is 0.333. The van der Waals surface area contributed by atoms with Crippen LogP contribution in [0.15, 0.2) is 59.1 Å². The number of likely N-dealkylation sites (tertiary alicyclic amines) is 1. The van der Waals surface area contributed by atoms with Crippen LogP contribution >= 0.6 is 12.4 Å². The molecule has 3 aromatic rings. The first kappa shape index (κ1) is 22.1. The number of amides is 1. The van der Waals surface area contributed by atoms with Crippen LogP contribution in [-0.4, -0.2) is 34.9 Å².